The summed E-state index contributed by atoms with van der Waals surface area (Å²) in [5, 5.41) is 22.6. The molecule has 270 valence electrons. The van der Waals surface area contributed by atoms with Crippen LogP contribution in [0.5, 0.6) is 0 Å². The maximum Gasteiger partial charge on any atom is 0.316 e. The van der Waals surface area contributed by atoms with E-state index in [0.29, 0.717) is 10.0 Å². The Morgan fingerprint density at radius 3 is 2.13 bits per heavy atom. The predicted molar refractivity (Wildman–Crippen MR) is 210 cm³/mol. The zero-order valence-electron chi connectivity index (χ0n) is 27.8. The van der Waals surface area contributed by atoms with E-state index in [2.05, 4.69) is 57.2 Å². The summed E-state index contributed by atoms with van der Waals surface area (Å²) < 4.78 is 0.231. The summed E-state index contributed by atoms with van der Waals surface area (Å²) in [7, 11) is 1.32. The van der Waals surface area contributed by atoms with Crippen molar-refractivity contribution in [2.75, 3.05) is 24.7 Å². The molecule has 2 fully saturated rings. The van der Waals surface area contributed by atoms with Crippen molar-refractivity contribution in [3.63, 3.8) is 0 Å². The number of halogens is 2. The lowest BCUT2D eigenvalue weighted by atomic mass is 9.77. The number of hydrogen-bond donors (Lipinski definition) is 3. The molecule has 53 heavy (non-hydrogen) atoms. The van der Waals surface area contributed by atoms with Gasteiger partial charge in [-0.2, -0.15) is 0 Å². The normalized spacial score (nSPS) is 20.1. The molecule has 3 atom stereocenters. The molecular weight excluding hydrogens is 776 g/mol. The van der Waals surface area contributed by atoms with E-state index in [-0.39, 0.29) is 33.3 Å². The average Bonchev–Trinajstić information content (AvgIpc) is 3.78. The number of thioether (sulfide) groups is 1. The lowest BCUT2D eigenvalue weighted by Gasteiger charge is -2.53. The third-order valence-corrected chi connectivity index (χ3v) is 12.8. The molecular formula is C37H30Cl2N6O5S3. The van der Waals surface area contributed by atoms with Gasteiger partial charge in [-0.05, 0) is 22.8 Å². The fraction of sp³-hybridized carbons (Fsp3) is 0.189. The number of hydrogen-bond acceptors (Lipinski definition) is 11. The Labute approximate surface area is 326 Å². The minimum absolute atomic E-state index is 0.0853. The maximum atomic E-state index is 13.8. The van der Waals surface area contributed by atoms with Crippen LogP contribution in [-0.4, -0.2) is 74.3 Å². The molecule has 7 rings (SSSR count). The first-order chi connectivity index (χ1) is 25.6. The van der Waals surface area contributed by atoms with E-state index in [1.807, 2.05) is 54.6 Å². The first-order valence-corrected chi connectivity index (χ1v) is 19.6. The molecule has 2 aliphatic heterocycles. The number of nitrogens with one attached hydrogen (secondary N) is 2. The number of benzene rings is 3. The van der Waals surface area contributed by atoms with E-state index in [9.17, 15) is 19.5 Å². The maximum absolute atomic E-state index is 13.8. The van der Waals surface area contributed by atoms with Crippen molar-refractivity contribution in [2.45, 2.75) is 17.0 Å². The molecule has 5 aromatic rings. The van der Waals surface area contributed by atoms with Crippen LogP contribution in [0.25, 0.3) is 6.08 Å². The number of β-lactam (4-membered cyclic amide) rings is 1. The van der Waals surface area contributed by atoms with Crippen LogP contribution in [0.4, 0.5) is 5.13 Å². The molecule has 4 heterocycles. The molecule has 3 aromatic carbocycles. The van der Waals surface area contributed by atoms with Crippen LogP contribution < -0.4 is 10.6 Å². The van der Waals surface area contributed by atoms with Crippen molar-refractivity contribution in [2.24, 2.45) is 10.6 Å². The summed E-state index contributed by atoms with van der Waals surface area (Å²) in [6, 6.07) is 29.2. The predicted octanol–water partition coefficient (Wildman–Crippen LogP) is 6.85. The molecule has 0 bridgehead atoms. The Bertz CT molecular complexity index is 2100. The van der Waals surface area contributed by atoms with Crippen molar-refractivity contribution in [3.05, 3.63) is 139 Å². The van der Waals surface area contributed by atoms with Gasteiger partial charge in [-0.25, -0.2) is 9.97 Å². The minimum Gasteiger partial charge on any atom is -0.481 e. The zero-order valence-corrected chi connectivity index (χ0v) is 31.8. The second-order valence-electron chi connectivity index (χ2n) is 12.2. The van der Waals surface area contributed by atoms with Crippen molar-refractivity contribution in [1.29, 1.82) is 0 Å². The number of thiazole rings is 2. The smallest absolute Gasteiger partial charge is 0.316 e. The largest absolute Gasteiger partial charge is 0.481 e. The van der Waals surface area contributed by atoms with Crippen LogP contribution in [0.2, 0.25) is 9.62 Å². The lowest BCUT2D eigenvalue weighted by molar-refractivity contribution is -0.155. The fourth-order valence-corrected chi connectivity index (χ4v) is 9.95. The molecule has 2 unspecified atom stereocenters. The first-order valence-electron chi connectivity index (χ1n) is 16.1. The molecule has 2 saturated heterocycles. The summed E-state index contributed by atoms with van der Waals surface area (Å²) in [5.74, 6) is -2.01. The van der Waals surface area contributed by atoms with Crippen LogP contribution in [0.1, 0.15) is 27.3 Å². The van der Waals surface area contributed by atoms with Gasteiger partial charge < -0.3 is 25.5 Å². The second kappa shape index (κ2) is 15.3. The Kier molecular flexibility index (Phi) is 10.6. The van der Waals surface area contributed by atoms with Gasteiger partial charge in [0.2, 0.25) is 5.91 Å². The SMILES string of the molecule is CON=C(C(=O)NC1C(=O)N2CC(C=Cc3sc(Cl)nc3Cl)(C(=O)O)CS[C@H]12)c1csc(NC(c2ccccc2)(c2ccccc2)c2ccccc2)n1. The number of aliphatic carboxylic acids is 1. The number of carboxylic acids is 1. The summed E-state index contributed by atoms with van der Waals surface area (Å²) in [4.78, 5) is 55.4. The quantitative estimate of drug-likeness (QED) is 0.0534. The van der Waals surface area contributed by atoms with Crippen molar-refractivity contribution >= 4 is 92.3 Å². The Balaban J connectivity index is 1.11. The van der Waals surface area contributed by atoms with Crippen molar-refractivity contribution in [1.82, 2.24) is 20.2 Å². The molecule has 2 aromatic heterocycles. The van der Waals surface area contributed by atoms with Gasteiger partial charge in [0.05, 0.1) is 4.88 Å². The lowest BCUT2D eigenvalue weighted by Crippen LogP contribution is -2.73. The number of nitrogens with zero attached hydrogens (tertiary/aromatic N) is 4. The third-order valence-electron chi connectivity index (χ3n) is 9.01. The molecule has 2 amide bonds. The number of rotatable bonds is 12. The minimum atomic E-state index is -1.38. The molecule has 0 aliphatic carbocycles. The number of oxime groups is 1. The monoisotopic (exact) mass is 804 g/mol. The Morgan fingerprint density at radius 1 is 1.00 bits per heavy atom. The molecule has 3 N–H and O–H groups in total. The fourth-order valence-electron chi connectivity index (χ4n) is 6.41. The van der Waals surface area contributed by atoms with E-state index in [4.69, 9.17) is 33.0 Å². The van der Waals surface area contributed by atoms with Gasteiger partial charge in [-0.3, -0.25) is 14.4 Å². The van der Waals surface area contributed by atoms with E-state index >= 15 is 0 Å². The Morgan fingerprint density at radius 2 is 1.60 bits per heavy atom. The summed E-state index contributed by atoms with van der Waals surface area (Å²) in [6.07, 6.45) is 3.09. The van der Waals surface area contributed by atoms with Gasteiger partial charge in [0, 0.05) is 17.7 Å². The van der Waals surface area contributed by atoms with Gasteiger partial charge in [0.25, 0.3) is 5.91 Å². The van der Waals surface area contributed by atoms with Crippen LogP contribution in [0.15, 0.2) is 108 Å². The van der Waals surface area contributed by atoms with Crippen LogP contribution in [0.3, 0.4) is 0 Å². The summed E-state index contributed by atoms with van der Waals surface area (Å²) >= 11 is 15.7. The van der Waals surface area contributed by atoms with Gasteiger partial charge in [0.1, 0.15) is 40.3 Å². The van der Waals surface area contributed by atoms with Crippen molar-refractivity contribution in [3.8, 4) is 0 Å². The highest BCUT2D eigenvalue weighted by Crippen LogP contribution is 2.44. The van der Waals surface area contributed by atoms with Gasteiger partial charge in [0.15, 0.2) is 15.3 Å². The molecule has 0 radical (unpaired) electrons. The summed E-state index contributed by atoms with van der Waals surface area (Å²) in [6.45, 7) is -0.0853. The zero-order chi connectivity index (χ0) is 37.2. The number of carboxylic acid groups (broad SMARTS) is 1. The number of anilines is 1. The van der Waals surface area contributed by atoms with E-state index < -0.39 is 40.2 Å². The molecule has 16 heteroatoms. The second-order valence-corrected chi connectivity index (χ2v) is 16.1. The molecule has 11 nitrogen and oxygen atoms in total. The van der Waals surface area contributed by atoms with E-state index in [1.165, 1.54) is 41.2 Å². The van der Waals surface area contributed by atoms with Crippen LogP contribution in [-0.2, 0) is 24.8 Å². The number of carbonyl (C=O) groups is 3. The molecule has 2 aliphatic rings. The summed E-state index contributed by atoms with van der Waals surface area (Å²) in [5.41, 5.74) is 0.847. The molecule has 0 spiro atoms. The number of amides is 2. The first kappa shape index (κ1) is 36.6. The standard InChI is InChI=1S/C37H30Cl2N6O5S3/c1-50-44-27(30(46)41-28-31(47)45-20-36(33(48)49,21-52-32(28)45)18-17-26-29(38)42-34(39)53-26)25-19-51-35(40-25)43-37(22-11-5-2-6-12-22,23-13-7-3-8-14-23)24-15-9-4-10-16-24/h2-19,28,32H,20-21H2,1H3,(H,40,43)(H,41,46)(H,48,49)/t28?,32-,36?/m1/s1. The van der Waals surface area contributed by atoms with Crippen LogP contribution in [0, 0.1) is 5.41 Å². The topological polar surface area (TPSA) is 146 Å². The van der Waals surface area contributed by atoms with Crippen molar-refractivity contribution < 1.29 is 24.3 Å². The van der Waals surface area contributed by atoms with Gasteiger partial charge >= 0.3 is 5.97 Å². The van der Waals surface area contributed by atoms with E-state index in [1.54, 1.807) is 11.5 Å². The molecule has 0 saturated carbocycles. The number of aromatic nitrogens is 2. The third kappa shape index (κ3) is 7.04. The highest BCUT2D eigenvalue weighted by atomic mass is 35.5. The average molecular weight is 806 g/mol. The Hall–Kier alpha value is -4.73. The van der Waals surface area contributed by atoms with Gasteiger partial charge in [-0.15, -0.1) is 34.4 Å². The highest BCUT2D eigenvalue weighted by molar-refractivity contribution is 8.00. The van der Waals surface area contributed by atoms with E-state index in [0.717, 1.165) is 28.0 Å². The number of fused-ring (bicyclic) bond motifs is 1. The number of carbonyl (C=O) groups excluding carboxylic acids is 2. The van der Waals surface area contributed by atoms with Gasteiger partial charge in [-0.1, -0.05) is 125 Å². The van der Waals surface area contributed by atoms with Crippen LogP contribution >= 0.6 is 57.6 Å². The highest BCUT2D eigenvalue weighted by Gasteiger charge is 2.57.